The quantitative estimate of drug-likeness (QED) is 0.432. The van der Waals surface area contributed by atoms with E-state index >= 15 is 0 Å². The minimum Gasteiger partial charge on any atom is -0.489 e. The molecule has 0 unspecified atom stereocenters. The van der Waals surface area contributed by atoms with Crippen molar-refractivity contribution in [1.82, 2.24) is 9.88 Å². The lowest BCUT2D eigenvalue weighted by molar-refractivity contribution is 0.100. The van der Waals surface area contributed by atoms with E-state index in [0.717, 1.165) is 37.4 Å². The van der Waals surface area contributed by atoms with Gasteiger partial charge in [-0.25, -0.2) is 4.39 Å². The van der Waals surface area contributed by atoms with Gasteiger partial charge in [-0.05, 0) is 44.5 Å². The fourth-order valence-corrected chi connectivity index (χ4v) is 4.48. The van der Waals surface area contributed by atoms with E-state index in [9.17, 15) is 9.18 Å². The Labute approximate surface area is 211 Å². The molecular weight excluding hydrogens is 461 g/mol. The van der Waals surface area contributed by atoms with Gasteiger partial charge >= 0.3 is 0 Å². The molecule has 9 heteroatoms. The number of nitrogens with two attached hydrogens (primary N) is 1. The third-order valence-electron chi connectivity index (χ3n) is 6.53. The van der Waals surface area contributed by atoms with E-state index in [0.29, 0.717) is 41.6 Å². The topological polar surface area (TPSA) is 92.9 Å². The van der Waals surface area contributed by atoms with E-state index < -0.39 is 11.7 Å². The van der Waals surface area contributed by atoms with Gasteiger partial charge in [0.05, 0.1) is 34.7 Å². The fourth-order valence-electron chi connectivity index (χ4n) is 4.48. The van der Waals surface area contributed by atoms with Crippen LogP contribution in [0.2, 0.25) is 0 Å². The maximum Gasteiger partial charge on any atom is 0.252 e. The second-order valence-corrected chi connectivity index (χ2v) is 9.31. The number of fused-ring (bicyclic) bond motifs is 1. The Morgan fingerprint density at radius 1 is 1.17 bits per heavy atom. The molecule has 3 N–H and O–H groups in total. The second-order valence-electron chi connectivity index (χ2n) is 9.31. The number of nitrogens with one attached hydrogen (secondary N) is 1. The van der Waals surface area contributed by atoms with E-state index in [2.05, 4.69) is 33.9 Å². The van der Waals surface area contributed by atoms with Crippen molar-refractivity contribution < 1.29 is 18.7 Å². The van der Waals surface area contributed by atoms with Gasteiger partial charge in [-0.15, -0.1) is 0 Å². The number of carbonyl (C=O) groups is 1. The number of rotatable bonds is 9. The molecule has 0 bridgehead atoms. The number of hydrogen-bond donors (Lipinski definition) is 2. The number of ether oxygens (including phenoxy) is 2. The Balaban J connectivity index is 1.83. The number of benzene rings is 2. The Bertz CT molecular complexity index is 1240. The number of carbonyl (C=O) groups excluding carboxylic acids is 1. The summed E-state index contributed by atoms with van der Waals surface area (Å²) in [6, 6.07) is 9.07. The molecule has 0 aliphatic carbocycles. The zero-order chi connectivity index (χ0) is 25.8. The average molecular weight is 496 g/mol. The highest BCUT2D eigenvalue weighted by Crippen LogP contribution is 2.38. The first-order chi connectivity index (χ1) is 17.3. The van der Waals surface area contributed by atoms with Gasteiger partial charge in [0.15, 0.2) is 0 Å². The Kier molecular flexibility index (Phi) is 7.91. The van der Waals surface area contributed by atoms with Crippen LogP contribution < -0.4 is 20.7 Å². The van der Waals surface area contributed by atoms with Gasteiger partial charge < -0.3 is 25.4 Å². The summed E-state index contributed by atoms with van der Waals surface area (Å²) in [7, 11) is 1.63. The third-order valence-corrected chi connectivity index (χ3v) is 6.53. The normalized spacial score (nSPS) is 14.4. The second kappa shape index (κ2) is 11.1. The van der Waals surface area contributed by atoms with Crippen molar-refractivity contribution in [2.75, 3.05) is 56.7 Å². The molecule has 1 saturated heterocycles. The van der Waals surface area contributed by atoms with Gasteiger partial charge in [0, 0.05) is 57.0 Å². The lowest BCUT2D eigenvalue weighted by Gasteiger charge is -2.38. The van der Waals surface area contributed by atoms with Gasteiger partial charge in [0.2, 0.25) is 0 Å². The summed E-state index contributed by atoms with van der Waals surface area (Å²) in [6.07, 6.45) is 1.42. The molecule has 0 atom stereocenters. The van der Waals surface area contributed by atoms with E-state index in [1.807, 2.05) is 19.1 Å². The molecule has 1 fully saturated rings. The number of methoxy groups -OCH3 is 1. The number of aryl methyl sites for hydroxylation is 1. The number of pyridine rings is 1. The fraction of sp³-hybridized carbons (Fsp3) is 0.407. The zero-order valence-electron chi connectivity index (χ0n) is 21.3. The predicted octanol–water partition coefficient (Wildman–Crippen LogP) is 4.08. The molecule has 3 aromatic rings. The molecule has 4 rings (SSSR count). The van der Waals surface area contributed by atoms with Crippen molar-refractivity contribution in [2.24, 2.45) is 5.73 Å². The summed E-state index contributed by atoms with van der Waals surface area (Å²) in [5.41, 5.74) is 8.94. The minimum absolute atomic E-state index is 0.187. The molecular formula is C27H34FN5O3. The van der Waals surface area contributed by atoms with E-state index in [4.69, 9.17) is 15.2 Å². The average Bonchev–Trinajstić information content (AvgIpc) is 2.86. The minimum atomic E-state index is -0.646. The van der Waals surface area contributed by atoms with Gasteiger partial charge in [0.25, 0.3) is 5.91 Å². The van der Waals surface area contributed by atoms with Crippen molar-refractivity contribution in [3.05, 3.63) is 53.5 Å². The first-order valence-electron chi connectivity index (χ1n) is 12.2. The van der Waals surface area contributed by atoms with Gasteiger partial charge in [-0.1, -0.05) is 6.07 Å². The number of hydrogen-bond acceptors (Lipinski definition) is 7. The number of aromatic nitrogens is 1. The van der Waals surface area contributed by atoms with Crippen LogP contribution in [0.3, 0.4) is 0 Å². The highest BCUT2D eigenvalue weighted by molar-refractivity contribution is 6.08. The zero-order valence-corrected chi connectivity index (χ0v) is 21.3. The maximum atomic E-state index is 14.7. The Morgan fingerprint density at radius 3 is 2.58 bits per heavy atom. The number of halogens is 1. The van der Waals surface area contributed by atoms with Gasteiger partial charge in [0.1, 0.15) is 18.2 Å². The summed E-state index contributed by atoms with van der Waals surface area (Å²) in [6.45, 7) is 10.6. The van der Waals surface area contributed by atoms with Gasteiger partial charge in [-0.2, -0.15) is 0 Å². The smallest absolute Gasteiger partial charge is 0.252 e. The lowest BCUT2D eigenvalue weighted by atomic mass is 10.1. The number of piperazine rings is 1. The molecule has 36 heavy (non-hydrogen) atoms. The van der Waals surface area contributed by atoms with E-state index in [1.54, 1.807) is 19.2 Å². The van der Waals surface area contributed by atoms with E-state index in [-0.39, 0.29) is 11.3 Å². The third kappa shape index (κ3) is 5.52. The van der Waals surface area contributed by atoms with E-state index in [1.165, 1.54) is 12.3 Å². The maximum absolute atomic E-state index is 14.7. The summed E-state index contributed by atoms with van der Waals surface area (Å²) in [4.78, 5) is 21.5. The van der Waals surface area contributed by atoms with Gasteiger partial charge in [-0.3, -0.25) is 14.7 Å². The highest BCUT2D eigenvalue weighted by atomic mass is 19.1. The van der Waals surface area contributed by atoms with Crippen molar-refractivity contribution in [1.29, 1.82) is 0 Å². The summed E-state index contributed by atoms with van der Waals surface area (Å²) >= 11 is 0. The van der Waals surface area contributed by atoms with Crippen LogP contribution in [0.25, 0.3) is 10.9 Å². The summed E-state index contributed by atoms with van der Waals surface area (Å²) in [5.74, 6) is -0.387. The summed E-state index contributed by atoms with van der Waals surface area (Å²) < 4.78 is 25.9. The largest absolute Gasteiger partial charge is 0.489 e. The predicted molar refractivity (Wildman–Crippen MR) is 141 cm³/mol. The molecule has 0 spiro atoms. The Hall–Kier alpha value is -3.43. The van der Waals surface area contributed by atoms with Crippen LogP contribution >= 0.6 is 0 Å². The molecule has 8 nitrogen and oxygen atoms in total. The molecule has 1 aliphatic rings. The molecule has 192 valence electrons. The van der Waals surface area contributed by atoms with Crippen LogP contribution in [-0.4, -0.2) is 68.3 Å². The lowest BCUT2D eigenvalue weighted by Crippen LogP contribution is -2.49. The molecule has 1 aliphatic heterocycles. The van der Waals surface area contributed by atoms with Crippen LogP contribution in [-0.2, 0) is 4.74 Å². The monoisotopic (exact) mass is 495 g/mol. The SMILES string of the molecule is COCCOc1cc2ncc(C(N)=O)c(Nc3cc(C)ccc3F)c2cc1N1CCN(C(C)C)CC1. The Morgan fingerprint density at radius 2 is 1.92 bits per heavy atom. The standard InChI is InChI=1S/C27H34FN5O3/c1-17(2)32-7-9-33(10-8-32)24-14-19-22(15-25(24)36-12-11-35-4)30-16-20(27(29)34)26(19)31-23-13-18(3)5-6-21(23)28/h5-6,13-17H,7-12H2,1-4H3,(H2,29,34)(H,30,31). The molecule has 0 radical (unpaired) electrons. The van der Waals surface area contributed by atoms with Crippen molar-refractivity contribution in [3.8, 4) is 5.75 Å². The molecule has 1 amide bonds. The van der Waals surface area contributed by atoms with Crippen LogP contribution in [0, 0.1) is 12.7 Å². The van der Waals surface area contributed by atoms with Crippen LogP contribution in [0.4, 0.5) is 21.5 Å². The first-order valence-corrected chi connectivity index (χ1v) is 12.2. The van der Waals surface area contributed by atoms with Crippen molar-refractivity contribution in [2.45, 2.75) is 26.8 Å². The van der Waals surface area contributed by atoms with Crippen molar-refractivity contribution >= 4 is 33.9 Å². The molecule has 2 aromatic carbocycles. The highest BCUT2D eigenvalue weighted by Gasteiger charge is 2.24. The first kappa shape index (κ1) is 25.7. The number of primary amides is 1. The molecule has 0 saturated carbocycles. The number of nitrogens with zero attached hydrogens (tertiary/aromatic N) is 3. The van der Waals surface area contributed by atoms with Crippen LogP contribution in [0.5, 0.6) is 5.75 Å². The summed E-state index contributed by atoms with van der Waals surface area (Å²) in [5, 5.41) is 3.79. The van der Waals surface area contributed by atoms with Crippen LogP contribution in [0.1, 0.15) is 29.8 Å². The molecule has 1 aromatic heterocycles. The number of amides is 1. The number of anilines is 3. The van der Waals surface area contributed by atoms with Crippen molar-refractivity contribution in [3.63, 3.8) is 0 Å². The molecule has 2 heterocycles. The van der Waals surface area contributed by atoms with Crippen LogP contribution in [0.15, 0.2) is 36.5 Å².